The van der Waals surface area contributed by atoms with Gasteiger partial charge in [-0.05, 0) is 61.8 Å². The first-order valence-corrected chi connectivity index (χ1v) is 7.71. The summed E-state index contributed by atoms with van der Waals surface area (Å²) >= 11 is 0. The van der Waals surface area contributed by atoms with Gasteiger partial charge < -0.3 is 0 Å². The van der Waals surface area contributed by atoms with Crippen LogP contribution in [0.1, 0.15) is 24.0 Å². The highest BCUT2D eigenvalue weighted by Gasteiger charge is 2.56. The highest BCUT2D eigenvalue weighted by atomic mass is 16.2. The standard InChI is InChI=1S/C18H19NO2/c1-10-3-8-14(9-11(10)2)19-17(20)15-12-4-5-13(7-6-12)16(15)18(19)21/h3-5,8-9,12-13,15-16H,6-7H2,1-2H3/t12-,13+,15-,16+. The third kappa shape index (κ3) is 1.66. The van der Waals surface area contributed by atoms with Crippen molar-refractivity contribution in [2.45, 2.75) is 26.7 Å². The fourth-order valence-corrected chi connectivity index (χ4v) is 4.19. The van der Waals surface area contributed by atoms with Crippen molar-refractivity contribution in [1.29, 1.82) is 0 Å². The van der Waals surface area contributed by atoms with E-state index in [2.05, 4.69) is 12.2 Å². The molecule has 0 N–H and O–H groups in total. The average Bonchev–Trinajstić information content (AvgIpc) is 2.78. The SMILES string of the molecule is Cc1ccc(N2C(=O)[C@@H]3[C@H](C2=O)[C@@H]2C=C[C@H]3CC2)cc1C. The summed E-state index contributed by atoms with van der Waals surface area (Å²) in [4.78, 5) is 27.1. The number of carbonyl (C=O) groups excluding carboxylic acids is 2. The monoisotopic (exact) mass is 281 g/mol. The van der Waals surface area contributed by atoms with E-state index in [-0.39, 0.29) is 35.5 Å². The summed E-state index contributed by atoms with van der Waals surface area (Å²) in [6.07, 6.45) is 6.40. The largest absolute Gasteiger partial charge is 0.274 e. The molecule has 1 heterocycles. The van der Waals surface area contributed by atoms with E-state index in [1.54, 1.807) is 0 Å². The minimum Gasteiger partial charge on any atom is -0.274 e. The lowest BCUT2D eigenvalue weighted by Gasteiger charge is -2.38. The van der Waals surface area contributed by atoms with Crippen LogP contribution in [0.2, 0.25) is 0 Å². The van der Waals surface area contributed by atoms with E-state index in [9.17, 15) is 9.59 Å². The molecule has 0 radical (unpaired) electrons. The van der Waals surface area contributed by atoms with Gasteiger partial charge >= 0.3 is 0 Å². The maximum atomic E-state index is 12.8. The summed E-state index contributed by atoms with van der Waals surface area (Å²) in [5.41, 5.74) is 3.03. The zero-order valence-electron chi connectivity index (χ0n) is 12.4. The van der Waals surface area contributed by atoms with Gasteiger partial charge in [0.1, 0.15) is 0 Å². The van der Waals surface area contributed by atoms with E-state index in [0.717, 1.165) is 24.1 Å². The summed E-state index contributed by atoms with van der Waals surface area (Å²) in [5.74, 6) is 0.284. The number of rotatable bonds is 1. The van der Waals surface area contributed by atoms with Crippen LogP contribution in [0.15, 0.2) is 30.4 Å². The number of allylic oxidation sites excluding steroid dienone is 2. The number of hydrogen-bond acceptors (Lipinski definition) is 2. The third-order valence-corrected chi connectivity index (χ3v) is 5.51. The van der Waals surface area contributed by atoms with Crippen LogP contribution in [0.4, 0.5) is 5.69 Å². The molecule has 5 rings (SSSR count). The summed E-state index contributed by atoms with van der Waals surface area (Å²) < 4.78 is 0. The number of carbonyl (C=O) groups is 2. The van der Waals surface area contributed by atoms with Crippen molar-refractivity contribution in [3.63, 3.8) is 0 Å². The van der Waals surface area contributed by atoms with E-state index in [1.165, 1.54) is 10.5 Å². The Balaban J connectivity index is 1.76. The Hall–Kier alpha value is -1.90. The van der Waals surface area contributed by atoms with Gasteiger partial charge in [-0.1, -0.05) is 18.2 Å². The van der Waals surface area contributed by atoms with Gasteiger partial charge in [0.05, 0.1) is 17.5 Å². The van der Waals surface area contributed by atoms with Gasteiger partial charge in [0.2, 0.25) is 11.8 Å². The molecule has 1 aromatic rings. The molecule has 2 bridgehead atoms. The van der Waals surface area contributed by atoms with Gasteiger partial charge in [-0.3, -0.25) is 14.5 Å². The Labute approximate surface area is 124 Å². The third-order valence-electron chi connectivity index (χ3n) is 5.51. The van der Waals surface area contributed by atoms with E-state index in [0.29, 0.717) is 0 Å². The fraction of sp³-hybridized carbons (Fsp3) is 0.444. The van der Waals surface area contributed by atoms with Crippen LogP contribution in [0.3, 0.4) is 0 Å². The molecule has 3 nitrogen and oxygen atoms in total. The van der Waals surface area contributed by atoms with Gasteiger partial charge in [0.25, 0.3) is 0 Å². The van der Waals surface area contributed by atoms with E-state index < -0.39 is 0 Å². The van der Waals surface area contributed by atoms with E-state index >= 15 is 0 Å². The summed E-state index contributed by atoms with van der Waals surface area (Å²) in [6.45, 7) is 4.05. The molecule has 21 heavy (non-hydrogen) atoms. The minimum atomic E-state index is -0.122. The lowest BCUT2D eigenvalue weighted by Crippen LogP contribution is -2.38. The number of hydrogen-bond donors (Lipinski definition) is 0. The Morgan fingerprint density at radius 2 is 1.48 bits per heavy atom. The molecule has 0 unspecified atom stereocenters. The van der Waals surface area contributed by atoms with E-state index in [1.807, 2.05) is 32.0 Å². The Bertz CT molecular complexity index is 644. The van der Waals surface area contributed by atoms with Crippen molar-refractivity contribution in [3.05, 3.63) is 41.5 Å². The molecular weight excluding hydrogens is 262 g/mol. The summed E-state index contributed by atoms with van der Waals surface area (Å²) in [7, 11) is 0. The molecule has 3 heteroatoms. The van der Waals surface area contributed by atoms with Crippen LogP contribution in [0, 0.1) is 37.5 Å². The van der Waals surface area contributed by atoms with Crippen molar-refractivity contribution in [1.82, 2.24) is 0 Å². The zero-order chi connectivity index (χ0) is 14.7. The Morgan fingerprint density at radius 1 is 0.905 bits per heavy atom. The van der Waals surface area contributed by atoms with Gasteiger partial charge in [-0.25, -0.2) is 0 Å². The second-order valence-electron chi connectivity index (χ2n) is 6.62. The van der Waals surface area contributed by atoms with Gasteiger partial charge in [0.15, 0.2) is 0 Å². The number of fused-ring (bicyclic) bond motifs is 1. The number of amides is 2. The topological polar surface area (TPSA) is 37.4 Å². The van der Waals surface area contributed by atoms with Crippen LogP contribution < -0.4 is 4.90 Å². The number of aryl methyl sites for hydroxylation is 2. The second kappa shape index (κ2) is 4.30. The van der Waals surface area contributed by atoms with Crippen molar-refractivity contribution >= 4 is 17.5 Å². The predicted octanol–water partition coefficient (Wildman–Crippen LogP) is 3.01. The van der Waals surface area contributed by atoms with Crippen molar-refractivity contribution < 1.29 is 9.59 Å². The highest BCUT2D eigenvalue weighted by molar-refractivity contribution is 6.22. The molecule has 4 aliphatic rings. The van der Waals surface area contributed by atoms with Crippen LogP contribution in [0.25, 0.3) is 0 Å². The predicted molar refractivity (Wildman–Crippen MR) is 80.7 cm³/mol. The Morgan fingerprint density at radius 3 is 1.95 bits per heavy atom. The van der Waals surface area contributed by atoms with Crippen LogP contribution in [-0.4, -0.2) is 11.8 Å². The second-order valence-corrected chi connectivity index (χ2v) is 6.62. The first-order chi connectivity index (χ1) is 10.1. The maximum Gasteiger partial charge on any atom is 0.238 e. The molecule has 0 spiro atoms. The molecule has 1 aliphatic heterocycles. The van der Waals surface area contributed by atoms with Gasteiger partial charge in [-0.15, -0.1) is 0 Å². The summed E-state index contributed by atoms with van der Waals surface area (Å²) in [5, 5.41) is 0. The first kappa shape index (κ1) is 12.8. The van der Waals surface area contributed by atoms with Crippen molar-refractivity contribution in [3.8, 4) is 0 Å². The quantitative estimate of drug-likeness (QED) is 0.586. The average molecular weight is 281 g/mol. The molecule has 108 valence electrons. The molecule has 2 fully saturated rings. The lowest BCUT2D eigenvalue weighted by atomic mass is 9.63. The lowest BCUT2D eigenvalue weighted by molar-refractivity contribution is -0.124. The van der Waals surface area contributed by atoms with Gasteiger partial charge in [-0.2, -0.15) is 0 Å². The highest BCUT2D eigenvalue weighted by Crippen LogP contribution is 2.50. The number of nitrogens with zero attached hydrogens (tertiary/aromatic N) is 1. The normalized spacial score (nSPS) is 33.7. The molecule has 3 aliphatic carbocycles. The summed E-state index contributed by atoms with van der Waals surface area (Å²) in [6, 6.07) is 5.84. The molecule has 1 aromatic carbocycles. The number of imide groups is 1. The van der Waals surface area contributed by atoms with Gasteiger partial charge in [0, 0.05) is 0 Å². The van der Waals surface area contributed by atoms with Crippen molar-refractivity contribution in [2.24, 2.45) is 23.7 Å². The van der Waals surface area contributed by atoms with Crippen LogP contribution in [-0.2, 0) is 9.59 Å². The number of benzene rings is 1. The van der Waals surface area contributed by atoms with Crippen LogP contribution in [0.5, 0.6) is 0 Å². The Kier molecular flexibility index (Phi) is 2.62. The first-order valence-electron chi connectivity index (χ1n) is 7.71. The molecule has 4 atom stereocenters. The molecule has 0 aromatic heterocycles. The minimum absolute atomic E-state index is 0.00676. The smallest absolute Gasteiger partial charge is 0.238 e. The zero-order valence-corrected chi connectivity index (χ0v) is 12.4. The molecule has 2 amide bonds. The maximum absolute atomic E-state index is 12.8. The molecule has 1 saturated carbocycles. The number of anilines is 1. The van der Waals surface area contributed by atoms with Crippen LogP contribution >= 0.6 is 0 Å². The molecule has 1 saturated heterocycles. The van der Waals surface area contributed by atoms with E-state index in [4.69, 9.17) is 0 Å². The van der Waals surface area contributed by atoms with Crippen molar-refractivity contribution in [2.75, 3.05) is 4.90 Å². The fourth-order valence-electron chi connectivity index (χ4n) is 4.19. The molecular formula is C18H19NO2.